The molecule has 7 aromatic carbocycles. The van der Waals surface area contributed by atoms with Gasteiger partial charge in [0.05, 0.1) is 0 Å². The highest BCUT2D eigenvalue weighted by atomic mass is 16.3. The Hall–Kier alpha value is -6.13. The van der Waals surface area contributed by atoms with Gasteiger partial charge in [0.2, 0.25) is 0 Å². The molecule has 0 saturated heterocycles. The normalized spacial score (nSPS) is 11.6. The Morgan fingerprint density at radius 3 is 1.76 bits per heavy atom. The van der Waals surface area contributed by atoms with Crippen molar-refractivity contribution in [2.24, 2.45) is 0 Å². The number of hydrogen-bond acceptors (Lipinski definition) is 4. The lowest BCUT2D eigenvalue weighted by Gasteiger charge is -2.11. The average Bonchev–Trinajstić information content (AvgIpc) is 3.51. The molecule has 2 heterocycles. The van der Waals surface area contributed by atoms with Gasteiger partial charge in [-0.25, -0.2) is 15.0 Å². The molecule has 9 aromatic rings. The predicted molar refractivity (Wildman–Crippen MR) is 184 cm³/mol. The summed E-state index contributed by atoms with van der Waals surface area (Å²) in [6.07, 6.45) is 0. The zero-order chi connectivity index (χ0) is 29.7. The molecule has 0 amide bonds. The second kappa shape index (κ2) is 10.2. The van der Waals surface area contributed by atoms with Crippen LogP contribution in [-0.4, -0.2) is 15.0 Å². The third kappa shape index (κ3) is 4.35. The highest BCUT2D eigenvalue weighted by Gasteiger charge is 2.19. The van der Waals surface area contributed by atoms with Crippen LogP contribution in [0.15, 0.2) is 156 Å². The van der Waals surface area contributed by atoms with Crippen molar-refractivity contribution in [2.75, 3.05) is 0 Å². The Labute approximate surface area is 259 Å². The van der Waals surface area contributed by atoms with Gasteiger partial charge in [0.15, 0.2) is 17.5 Å². The van der Waals surface area contributed by atoms with Crippen molar-refractivity contribution in [1.29, 1.82) is 0 Å². The van der Waals surface area contributed by atoms with Crippen LogP contribution in [0.5, 0.6) is 0 Å². The van der Waals surface area contributed by atoms with Crippen LogP contribution >= 0.6 is 0 Å². The van der Waals surface area contributed by atoms with Crippen LogP contribution in [0, 0.1) is 0 Å². The largest absolute Gasteiger partial charge is 0.455 e. The molecule has 9 rings (SSSR count). The summed E-state index contributed by atoms with van der Waals surface area (Å²) in [5, 5.41) is 6.73. The third-order valence-electron chi connectivity index (χ3n) is 8.48. The molecule has 0 unspecified atom stereocenters. The number of rotatable bonds is 4. The molecular formula is C41H25N3O. The van der Waals surface area contributed by atoms with Gasteiger partial charge in [-0.2, -0.15) is 0 Å². The quantitative estimate of drug-likeness (QED) is 0.209. The van der Waals surface area contributed by atoms with Crippen molar-refractivity contribution in [3.8, 4) is 45.3 Å². The lowest BCUT2D eigenvalue weighted by atomic mass is 9.96. The van der Waals surface area contributed by atoms with E-state index < -0.39 is 0 Å². The summed E-state index contributed by atoms with van der Waals surface area (Å²) in [6.45, 7) is 0. The molecule has 0 radical (unpaired) electrons. The fourth-order valence-corrected chi connectivity index (χ4v) is 6.29. The second-order valence-corrected chi connectivity index (χ2v) is 11.3. The number of benzene rings is 7. The molecule has 0 fully saturated rings. The summed E-state index contributed by atoms with van der Waals surface area (Å²) in [5.74, 6) is 1.85. The predicted octanol–water partition coefficient (Wildman–Crippen LogP) is 10.7. The van der Waals surface area contributed by atoms with Gasteiger partial charge in [-0.05, 0) is 51.6 Å². The first-order valence-electron chi connectivity index (χ1n) is 15.0. The summed E-state index contributed by atoms with van der Waals surface area (Å²) in [7, 11) is 0. The summed E-state index contributed by atoms with van der Waals surface area (Å²) in [6, 6.07) is 52.2. The van der Waals surface area contributed by atoms with Crippen molar-refractivity contribution in [2.45, 2.75) is 0 Å². The lowest BCUT2D eigenvalue weighted by Crippen LogP contribution is -2.00. The van der Waals surface area contributed by atoms with Crippen molar-refractivity contribution in [3.63, 3.8) is 0 Å². The van der Waals surface area contributed by atoms with Crippen molar-refractivity contribution in [3.05, 3.63) is 152 Å². The van der Waals surface area contributed by atoms with Crippen molar-refractivity contribution < 1.29 is 4.42 Å². The Morgan fingerprint density at radius 2 is 0.978 bits per heavy atom. The summed E-state index contributed by atoms with van der Waals surface area (Å²) in [4.78, 5) is 15.1. The number of fused-ring (bicyclic) bond motifs is 6. The molecule has 0 aliphatic heterocycles. The first-order valence-corrected chi connectivity index (χ1v) is 15.0. The molecule has 45 heavy (non-hydrogen) atoms. The molecule has 0 aliphatic carbocycles. The molecule has 2 aromatic heterocycles. The van der Waals surface area contributed by atoms with Gasteiger partial charge in [0.25, 0.3) is 0 Å². The van der Waals surface area contributed by atoms with Crippen LogP contribution in [0.3, 0.4) is 0 Å². The van der Waals surface area contributed by atoms with Crippen LogP contribution in [0.25, 0.3) is 88.8 Å². The number of furan rings is 1. The van der Waals surface area contributed by atoms with E-state index in [9.17, 15) is 0 Å². The Balaban J connectivity index is 1.32. The maximum absolute atomic E-state index is 6.70. The zero-order valence-electron chi connectivity index (χ0n) is 24.2. The molecule has 0 saturated carbocycles. The van der Waals surface area contributed by atoms with Gasteiger partial charge >= 0.3 is 0 Å². The Kier molecular flexibility index (Phi) is 5.78. The standard InChI is InChI=1S/C41H25N3O/c1-3-12-27(13-4-1)35-24-32(25-36-37(35)34-22-21-28-14-9-10-18-33(28)38(34)45-36)41-43-39(29-15-5-2-6-16-29)42-40(44-41)31-20-19-26-11-7-8-17-30(26)23-31/h1-25H. The highest BCUT2D eigenvalue weighted by molar-refractivity contribution is 6.19. The van der Waals surface area contributed by atoms with E-state index in [4.69, 9.17) is 19.4 Å². The third-order valence-corrected chi connectivity index (χ3v) is 8.48. The van der Waals surface area contributed by atoms with E-state index in [0.29, 0.717) is 17.5 Å². The molecule has 0 atom stereocenters. The van der Waals surface area contributed by atoms with Crippen LogP contribution in [0.2, 0.25) is 0 Å². The minimum absolute atomic E-state index is 0.594. The molecule has 210 valence electrons. The number of hydrogen-bond donors (Lipinski definition) is 0. The molecule has 0 N–H and O–H groups in total. The van der Waals surface area contributed by atoms with Crippen molar-refractivity contribution in [1.82, 2.24) is 15.0 Å². The van der Waals surface area contributed by atoms with Gasteiger partial charge in [0, 0.05) is 32.8 Å². The van der Waals surface area contributed by atoms with Crippen molar-refractivity contribution >= 4 is 43.5 Å². The maximum atomic E-state index is 6.70. The van der Waals surface area contributed by atoms with E-state index in [1.54, 1.807) is 0 Å². The van der Waals surface area contributed by atoms with Gasteiger partial charge in [-0.15, -0.1) is 0 Å². The first-order chi connectivity index (χ1) is 22.3. The molecule has 4 heteroatoms. The van der Waals surface area contributed by atoms with Gasteiger partial charge in [-0.3, -0.25) is 0 Å². The Morgan fingerprint density at radius 1 is 0.378 bits per heavy atom. The number of aromatic nitrogens is 3. The zero-order valence-corrected chi connectivity index (χ0v) is 24.2. The lowest BCUT2D eigenvalue weighted by molar-refractivity contribution is 0.673. The molecule has 0 aliphatic rings. The smallest absolute Gasteiger partial charge is 0.164 e. The van der Waals surface area contributed by atoms with E-state index in [1.165, 1.54) is 5.39 Å². The molecule has 0 bridgehead atoms. The number of nitrogens with zero attached hydrogens (tertiary/aromatic N) is 3. The van der Waals surface area contributed by atoms with E-state index in [0.717, 1.165) is 65.9 Å². The fraction of sp³-hybridized carbons (Fsp3) is 0. The second-order valence-electron chi connectivity index (χ2n) is 11.3. The van der Waals surface area contributed by atoms with Crippen LogP contribution < -0.4 is 0 Å². The molecule has 0 spiro atoms. The topological polar surface area (TPSA) is 51.8 Å². The minimum atomic E-state index is 0.594. The fourth-order valence-electron chi connectivity index (χ4n) is 6.29. The SMILES string of the molecule is c1ccc(-c2nc(-c3ccc4ccccc4c3)nc(-c3cc(-c4ccccc4)c4c(c3)oc3c5ccccc5ccc34)n2)cc1. The highest BCUT2D eigenvalue weighted by Crippen LogP contribution is 2.42. The van der Waals surface area contributed by atoms with Gasteiger partial charge in [-0.1, -0.05) is 127 Å². The van der Waals surface area contributed by atoms with Crippen LogP contribution in [0.4, 0.5) is 0 Å². The Bertz CT molecular complexity index is 2540. The van der Waals surface area contributed by atoms with E-state index in [-0.39, 0.29) is 0 Å². The summed E-state index contributed by atoms with van der Waals surface area (Å²) < 4.78 is 6.70. The monoisotopic (exact) mass is 575 g/mol. The summed E-state index contributed by atoms with van der Waals surface area (Å²) in [5.41, 5.74) is 6.60. The minimum Gasteiger partial charge on any atom is -0.455 e. The van der Waals surface area contributed by atoms with Gasteiger partial charge in [0.1, 0.15) is 11.2 Å². The van der Waals surface area contributed by atoms with E-state index in [1.807, 2.05) is 36.4 Å². The average molecular weight is 576 g/mol. The van der Waals surface area contributed by atoms with E-state index in [2.05, 4.69) is 115 Å². The van der Waals surface area contributed by atoms with Crippen LogP contribution in [-0.2, 0) is 0 Å². The van der Waals surface area contributed by atoms with Gasteiger partial charge < -0.3 is 4.42 Å². The maximum Gasteiger partial charge on any atom is 0.164 e. The molecule has 4 nitrogen and oxygen atoms in total. The van der Waals surface area contributed by atoms with E-state index >= 15 is 0 Å². The first kappa shape index (κ1) is 25.4. The molecular weight excluding hydrogens is 550 g/mol. The summed E-state index contributed by atoms with van der Waals surface area (Å²) >= 11 is 0. The van der Waals surface area contributed by atoms with Crippen LogP contribution in [0.1, 0.15) is 0 Å².